The van der Waals surface area contributed by atoms with Crippen LogP contribution >= 0.6 is 0 Å². The molecule has 6 nitrogen and oxygen atoms in total. The maximum absolute atomic E-state index is 13.1. The molecule has 2 aromatic carbocycles. The van der Waals surface area contributed by atoms with E-state index in [4.69, 9.17) is 9.41 Å². The van der Waals surface area contributed by atoms with Crippen LogP contribution in [0.4, 0.5) is 10.1 Å². The number of guanidine groups is 1. The van der Waals surface area contributed by atoms with Gasteiger partial charge in [-0.3, -0.25) is 4.99 Å². The summed E-state index contributed by atoms with van der Waals surface area (Å²) in [5.41, 5.74) is 2.88. The lowest BCUT2D eigenvalue weighted by Gasteiger charge is -2.37. The first-order chi connectivity index (χ1) is 15.2. The number of nitrogens with zero attached hydrogens (tertiary/aromatic N) is 4. The molecular formula is C24H28FN5O. The molecule has 1 aliphatic heterocycles. The van der Waals surface area contributed by atoms with Crippen molar-refractivity contribution in [3.8, 4) is 11.5 Å². The number of hydrogen-bond donors (Lipinski definition) is 1. The Kier molecular flexibility index (Phi) is 6.82. The number of aromatic nitrogens is 1. The predicted molar refractivity (Wildman–Crippen MR) is 122 cm³/mol. The summed E-state index contributed by atoms with van der Waals surface area (Å²) in [6, 6.07) is 16.7. The topological polar surface area (TPSA) is 56.9 Å². The van der Waals surface area contributed by atoms with Gasteiger partial charge in [0.25, 0.3) is 0 Å². The van der Waals surface area contributed by atoms with Gasteiger partial charge in [0.15, 0.2) is 5.96 Å². The Labute approximate surface area is 182 Å². The second kappa shape index (κ2) is 10.1. The van der Waals surface area contributed by atoms with Gasteiger partial charge in [-0.15, -0.1) is 0 Å². The van der Waals surface area contributed by atoms with Crippen LogP contribution in [0.25, 0.3) is 11.5 Å². The molecule has 0 bridgehead atoms. The number of oxazole rings is 1. The summed E-state index contributed by atoms with van der Waals surface area (Å²) in [4.78, 5) is 14.0. The third kappa shape index (κ3) is 5.42. The number of halogens is 1. The smallest absolute Gasteiger partial charge is 0.226 e. The zero-order chi connectivity index (χ0) is 21.5. The largest absolute Gasteiger partial charge is 0.444 e. The first-order valence-electron chi connectivity index (χ1n) is 10.8. The van der Waals surface area contributed by atoms with Crippen molar-refractivity contribution < 1.29 is 8.81 Å². The SMILES string of the molecule is CCNC(=NCCc1coc(-c2ccc(F)cc2)n1)N1CCN(c2ccccc2)CC1. The van der Waals surface area contributed by atoms with Gasteiger partial charge in [0.2, 0.25) is 5.89 Å². The van der Waals surface area contributed by atoms with E-state index < -0.39 is 0 Å². The van der Waals surface area contributed by atoms with E-state index in [-0.39, 0.29) is 5.82 Å². The molecule has 7 heteroatoms. The van der Waals surface area contributed by atoms with E-state index in [0.717, 1.165) is 49.9 Å². The standard InChI is InChI=1S/C24H28FN5O/c1-2-26-24(30-16-14-29(15-17-30)22-6-4-3-5-7-22)27-13-12-21-18-31-23(28-21)19-8-10-20(25)11-9-19/h3-11,18H,2,12-17H2,1H3,(H,26,27). The number of para-hydroxylation sites is 1. The van der Waals surface area contributed by atoms with Gasteiger partial charge in [-0.05, 0) is 43.3 Å². The van der Waals surface area contributed by atoms with Crippen molar-refractivity contribution in [3.05, 3.63) is 72.4 Å². The van der Waals surface area contributed by atoms with Crippen molar-refractivity contribution in [1.82, 2.24) is 15.2 Å². The highest BCUT2D eigenvalue weighted by molar-refractivity contribution is 5.80. The van der Waals surface area contributed by atoms with Crippen molar-refractivity contribution in [3.63, 3.8) is 0 Å². The summed E-state index contributed by atoms with van der Waals surface area (Å²) < 4.78 is 18.6. The number of nitrogens with one attached hydrogen (secondary N) is 1. The van der Waals surface area contributed by atoms with E-state index in [9.17, 15) is 4.39 Å². The first kappa shape index (κ1) is 20.9. The van der Waals surface area contributed by atoms with Gasteiger partial charge in [0, 0.05) is 56.9 Å². The molecule has 0 unspecified atom stereocenters. The summed E-state index contributed by atoms with van der Waals surface area (Å²) in [5, 5.41) is 3.41. The fraction of sp³-hybridized carbons (Fsp3) is 0.333. The summed E-state index contributed by atoms with van der Waals surface area (Å²) in [6.45, 7) is 7.34. The van der Waals surface area contributed by atoms with Gasteiger partial charge in [-0.1, -0.05) is 18.2 Å². The number of piperazine rings is 1. The summed E-state index contributed by atoms with van der Waals surface area (Å²) in [5.74, 6) is 1.17. The number of aliphatic imine (C=N–C) groups is 1. The summed E-state index contributed by atoms with van der Waals surface area (Å²) in [6.07, 6.45) is 2.34. The molecule has 0 amide bonds. The van der Waals surface area contributed by atoms with Crippen molar-refractivity contribution >= 4 is 11.6 Å². The van der Waals surface area contributed by atoms with Crippen LogP contribution in [0.15, 0.2) is 70.3 Å². The maximum Gasteiger partial charge on any atom is 0.226 e. The van der Waals surface area contributed by atoms with Gasteiger partial charge in [0.05, 0.1) is 5.69 Å². The van der Waals surface area contributed by atoms with Gasteiger partial charge in [-0.2, -0.15) is 0 Å². The Morgan fingerprint density at radius 3 is 2.52 bits per heavy atom. The normalized spacial score (nSPS) is 14.7. The lowest BCUT2D eigenvalue weighted by Crippen LogP contribution is -2.52. The minimum Gasteiger partial charge on any atom is -0.444 e. The van der Waals surface area contributed by atoms with Crippen LogP contribution in [0.3, 0.4) is 0 Å². The average molecular weight is 422 g/mol. The van der Waals surface area contributed by atoms with E-state index in [0.29, 0.717) is 18.9 Å². The number of benzene rings is 2. The van der Waals surface area contributed by atoms with E-state index in [1.807, 2.05) is 6.07 Å². The third-order valence-electron chi connectivity index (χ3n) is 5.31. The quantitative estimate of drug-likeness (QED) is 0.485. The van der Waals surface area contributed by atoms with Crippen LogP contribution in [-0.4, -0.2) is 55.1 Å². The lowest BCUT2D eigenvalue weighted by atomic mass is 10.2. The van der Waals surface area contributed by atoms with E-state index in [1.165, 1.54) is 17.8 Å². The van der Waals surface area contributed by atoms with Gasteiger partial charge < -0.3 is 19.5 Å². The molecule has 0 atom stereocenters. The third-order valence-corrected chi connectivity index (χ3v) is 5.31. The van der Waals surface area contributed by atoms with Crippen molar-refractivity contribution in [2.45, 2.75) is 13.3 Å². The second-order valence-electron chi connectivity index (χ2n) is 7.45. The molecule has 1 N–H and O–H groups in total. The van der Waals surface area contributed by atoms with Crippen molar-refractivity contribution in [1.29, 1.82) is 0 Å². The Balaban J connectivity index is 1.33. The van der Waals surface area contributed by atoms with Gasteiger partial charge >= 0.3 is 0 Å². The molecule has 4 rings (SSSR count). The van der Waals surface area contributed by atoms with E-state index in [2.05, 4.69) is 51.3 Å². The lowest BCUT2D eigenvalue weighted by molar-refractivity contribution is 0.372. The monoisotopic (exact) mass is 421 g/mol. The Morgan fingerprint density at radius 2 is 1.81 bits per heavy atom. The van der Waals surface area contributed by atoms with E-state index in [1.54, 1.807) is 18.4 Å². The van der Waals surface area contributed by atoms with Crippen LogP contribution < -0.4 is 10.2 Å². The Morgan fingerprint density at radius 1 is 1.06 bits per heavy atom. The van der Waals surface area contributed by atoms with Crippen LogP contribution in [0.5, 0.6) is 0 Å². The minimum atomic E-state index is -0.273. The fourth-order valence-electron chi connectivity index (χ4n) is 3.66. The molecule has 3 aromatic rings. The van der Waals surface area contributed by atoms with Crippen molar-refractivity contribution in [2.75, 3.05) is 44.2 Å². The molecule has 0 aliphatic carbocycles. The summed E-state index contributed by atoms with van der Waals surface area (Å²) in [7, 11) is 0. The molecule has 0 saturated carbocycles. The van der Waals surface area contributed by atoms with Crippen LogP contribution in [0, 0.1) is 5.82 Å². The molecule has 1 aromatic heterocycles. The predicted octanol–water partition coefficient (Wildman–Crippen LogP) is 3.81. The Bertz CT molecular complexity index is 979. The average Bonchev–Trinajstić information content (AvgIpc) is 3.29. The number of anilines is 1. The minimum absolute atomic E-state index is 0.273. The molecule has 2 heterocycles. The summed E-state index contributed by atoms with van der Waals surface area (Å²) >= 11 is 0. The van der Waals surface area contributed by atoms with Crippen molar-refractivity contribution in [2.24, 2.45) is 4.99 Å². The zero-order valence-electron chi connectivity index (χ0n) is 17.8. The van der Waals surface area contributed by atoms with Gasteiger partial charge in [0.1, 0.15) is 12.1 Å². The molecule has 162 valence electrons. The molecule has 1 fully saturated rings. The Hall–Kier alpha value is -3.35. The molecule has 1 saturated heterocycles. The highest BCUT2D eigenvalue weighted by atomic mass is 19.1. The van der Waals surface area contributed by atoms with E-state index >= 15 is 0 Å². The highest BCUT2D eigenvalue weighted by Gasteiger charge is 2.19. The van der Waals surface area contributed by atoms with Crippen LogP contribution in [0.2, 0.25) is 0 Å². The molecule has 31 heavy (non-hydrogen) atoms. The maximum atomic E-state index is 13.1. The number of hydrogen-bond acceptors (Lipinski definition) is 4. The number of rotatable bonds is 6. The zero-order valence-corrected chi connectivity index (χ0v) is 17.8. The molecule has 0 spiro atoms. The van der Waals surface area contributed by atoms with Crippen LogP contribution in [0.1, 0.15) is 12.6 Å². The molecule has 1 aliphatic rings. The second-order valence-corrected chi connectivity index (χ2v) is 7.45. The fourth-order valence-corrected chi connectivity index (χ4v) is 3.66. The molecular weight excluding hydrogens is 393 g/mol. The highest BCUT2D eigenvalue weighted by Crippen LogP contribution is 2.19. The first-order valence-corrected chi connectivity index (χ1v) is 10.8. The van der Waals surface area contributed by atoms with Gasteiger partial charge in [-0.25, -0.2) is 9.37 Å². The molecule has 0 radical (unpaired) electrons. The van der Waals surface area contributed by atoms with Crippen LogP contribution in [-0.2, 0) is 6.42 Å².